The molecule has 0 fully saturated rings. The Morgan fingerprint density at radius 1 is 0.800 bits per heavy atom. The third-order valence-corrected chi connectivity index (χ3v) is 4.07. The Kier molecular flexibility index (Phi) is 4.94. The second-order valence-corrected chi connectivity index (χ2v) is 5.42. The summed E-state index contributed by atoms with van der Waals surface area (Å²) in [5.74, 6) is 0. The number of benzene rings is 2. The highest BCUT2D eigenvalue weighted by atomic mass is 14.8. The van der Waals surface area contributed by atoms with E-state index in [1.54, 1.807) is 0 Å². The second-order valence-electron chi connectivity index (χ2n) is 5.42. The number of nitrogens with two attached hydrogens (primary N) is 1. The molecule has 2 aromatic carbocycles. The Hall–Kier alpha value is -1.64. The smallest absolute Gasteiger partial charge is 0.0211 e. The minimum Gasteiger partial charge on any atom is -0.326 e. The van der Waals surface area contributed by atoms with Gasteiger partial charge in [0.1, 0.15) is 0 Å². The highest BCUT2D eigenvalue weighted by Crippen LogP contribution is 2.17. The molecule has 0 aliphatic carbocycles. The average molecular weight is 268 g/mol. The van der Waals surface area contributed by atoms with Crippen LogP contribution >= 0.6 is 0 Å². The molecule has 20 heavy (non-hydrogen) atoms. The van der Waals surface area contributed by atoms with Crippen LogP contribution in [0, 0.1) is 20.8 Å². The first-order valence-corrected chi connectivity index (χ1v) is 7.16. The van der Waals surface area contributed by atoms with Crippen molar-refractivity contribution in [1.82, 2.24) is 5.32 Å². The van der Waals surface area contributed by atoms with Gasteiger partial charge in [0, 0.05) is 19.6 Å². The molecule has 0 heterocycles. The van der Waals surface area contributed by atoms with Crippen molar-refractivity contribution >= 4 is 0 Å². The minimum absolute atomic E-state index is 0.607. The van der Waals surface area contributed by atoms with Gasteiger partial charge in [0.25, 0.3) is 0 Å². The molecule has 3 N–H and O–H groups in total. The van der Waals surface area contributed by atoms with E-state index < -0.39 is 0 Å². The summed E-state index contributed by atoms with van der Waals surface area (Å²) in [5.41, 5.74) is 13.6. The van der Waals surface area contributed by atoms with E-state index in [1.807, 2.05) is 0 Å². The van der Waals surface area contributed by atoms with Gasteiger partial charge in [-0.15, -0.1) is 0 Å². The van der Waals surface area contributed by atoms with Crippen molar-refractivity contribution < 1.29 is 0 Å². The zero-order chi connectivity index (χ0) is 14.5. The molecule has 0 unspecified atom stereocenters. The van der Waals surface area contributed by atoms with E-state index in [4.69, 9.17) is 5.73 Å². The molecular formula is C18H24N2. The standard InChI is InChI=1S/C18H24N2/c1-13-4-9-18(15(3)14(13)2)12-20-11-17-7-5-16(10-19)6-8-17/h4-9,20H,10-12,19H2,1-3H3. The van der Waals surface area contributed by atoms with E-state index in [0.717, 1.165) is 13.1 Å². The van der Waals surface area contributed by atoms with E-state index >= 15 is 0 Å². The Morgan fingerprint density at radius 2 is 1.45 bits per heavy atom. The molecule has 0 radical (unpaired) electrons. The van der Waals surface area contributed by atoms with Gasteiger partial charge in [-0.2, -0.15) is 0 Å². The van der Waals surface area contributed by atoms with Gasteiger partial charge in [-0.3, -0.25) is 0 Å². The van der Waals surface area contributed by atoms with Crippen LogP contribution in [0.2, 0.25) is 0 Å². The molecule has 0 bridgehead atoms. The lowest BCUT2D eigenvalue weighted by atomic mass is 9.99. The van der Waals surface area contributed by atoms with Crippen LogP contribution in [-0.4, -0.2) is 0 Å². The van der Waals surface area contributed by atoms with Crippen molar-refractivity contribution in [2.24, 2.45) is 5.73 Å². The summed E-state index contributed by atoms with van der Waals surface area (Å²) < 4.78 is 0. The fraction of sp³-hybridized carbons (Fsp3) is 0.333. The molecule has 2 heteroatoms. The Bertz CT molecular complexity index is 571. The molecule has 0 saturated heterocycles. The normalized spacial score (nSPS) is 10.8. The molecule has 0 aliphatic heterocycles. The van der Waals surface area contributed by atoms with Gasteiger partial charge in [-0.1, -0.05) is 36.4 Å². The first-order chi connectivity index (χ1) is 9.61. The van der Waals surface area contributed by atoms with Gasteiger partial charge in [-0.25, -0.2) is 0 Å². The number of hydrogen-bond acceptors (Lipinski definition) is 2. The fourth-order valence-electron chi connectivity index (χ4n) is 2.34. The van der Waals surface area contributed by atoms with Crippen molar-refractivity contribution in [3.63, 3.8) is 0 Å². The van der Waals surface area contributed by atoms with E-state index in [1.165, 1.54) is 33.4 Å². The van der Waals surface area contributed by atoms with Gasteiger partial charge in [-0.05, 0) is 54.2 Å². The van der Waals surface area contributed by atoms with Crippen LogP contribution in [-0.2, 0) is 19.6 Å². The van der Waals surface area contributed by atoms with E-state index in [0.29, 0.717) is 6.54 Å². The predicted octanol–water partition coefficient (Wildman–Crippen LogP) is 3.36. The number of hydrogen-bond donors (Lipinski definition) is 2. The van der Waals surface area contributed by atoms with Gasteiger partial charge in [0.05, 0.1) is 0 Å². The van der Waals surface area contributed by atoms with Crippen LogP contribution in [0.5, 0.6) is 0 Å². The molecule has 0 aromatic heterocycles. The number of nitrogens with one attached hydrogen (secondary N) is 1. The van der Waals surface area contributed by atoms with E-state index in [2.05, 4.69) is 62.5 Å². The first-order valence-electron chi connectivity index (χ1n) is 7.16. The monoisotopic (exact) mass is 268 g/mol. The molecule has 0 amide bonds. The van der Waals surface area contributed by atoms with Crippen molar-refractivity contribution in [2.45, 2.75) is 40.4 Å². The summed E-state index contributed by atoms with van der Waals surface area (Å²) in [5, 5.41) is 3.51. The van der Waals surface area contributed by atoms with Crippen LogP contribution in [0.15, 0.2) is 36.4 Å². The van der Waals surface area contributed by atoms with Crippen LogP contribution < -0.4 is 11.1 Å². The molecule has 0 saturated carbocycles. The molecule has 2 rings (SSSR count). The Morgan fingerprint density at radius 3 is 2.10 bits per heavy atom. The molecule has 2 nitrogen and oxygen atoms in total. The molecule has 0 atom stereocenters. The van der Waals surface area contributed by atoms with E-state index in [9.17, 15) is 0 Å². The lowest BCUT2D eigenvalue weighted by Gasteiger charge is -2.12. The number of rotatable bonds is 5. The lowest BCUT2D eigenvalue weighted by molar-refractivity contribution is 0.689. The molecule has 0 spiro atoms. The highest BCUT2D eigenvalue weighted by Gasteiger charge is 2.03. The van der Waals surface area contributed by atoms with Crippen LogP contribution in [0.3, 0.4) is 0 Å². The Balaban J connectivity index is 1.94. The third-order valence-electron chi connectivity index (χ3n) is 4.07. The third kappa shape index (κ3) is 3.47. The zero-order valence-electron chi connectivity index (χ0n) is 12.7. The summed E-state index contributed by atoms with van der Waals surface area (Å²) in [6.07, 6.45) is 0. The maximum Gasteiger partial charge on any atom is 0.0211 e. The summed E-state index contributed by atoms with van der Waals surface area (Å²) in [6.45, 7) is 8.96. The van der Waals surface area contributed by atoms with Gasteiger partial charge < -0.3 is 11.1 Å². The van der Waals surface area contributed by atoms with Gasteiger partial charge in [0.2, 0.25) is 0 Å². The fourth-order valence-corrected chi connectivity index (χ4v) is 2.34. The minimum atomic E-state index is 0.607. The molecule has 106 valence electrons. The van der Waals surface area contributed by atoms with Crippen LogP contribution in [0.4, 0.5) is 0 Å². The quantitative estimate of drug-likeness (QED) is 0.872. The molecule has 2 aromatic rings. The maximum atomic E-state index is 5.60. The maximum absolute atomic E-state index is 5.60. The first kappa shape index (κ1) is 14.8. The largest absolute Gasteiger partial charge is 0.326 e. The highest BCUT2D eigenvalue weighted by molar-refractivity contribution is 5.38. The topological polar surface area (TPSA) is 38.0 Å². The molecular weight excluding hydrogens is 244 g/mol. The zero-order valence-corrected chi connectivity index (χ0v) is 12.7. The average Bonchev–Trinajstić information content (AvgIpc) is 2.48. The summed E-state index contributed by atoms with van der Waals surface area (Å²) in [4.78, 5) is 0. The Labute approximate surface area is 122 Å². The summed E-state index contributed by atoms with van der Waals surface area (Å²) in [6, 6.07) is 12.9. The van der Waals surface area contributed by atoms with Gasteiger partial charge in [0.15, 0.2) is 0 Å². The van der Waals surface area contributed by atoms with Crippen molar-refractivity contribution in [3.05, 3.63) is 69.8 Å². The SMILES string of the molecule is Cc1ccc(CNCc2ccc(CN)cc2)c(C)c1C. The van der Waals surface area contributed by atoms with E-state index in [-0.39, 0.29) is 0 Å². The van der Waals surface area contributed by atoms with Crippen LogP contribution in [0.25, 0.3) is 0 Å². The number of aryl methyl sites for hydroxylation is 1. The summed E-state index contributed by atoms with van der Waals surface area (Å²) in [7, 11) is 0. The second kappa shape index (κ2) is 6.69. The van der Waals surface area contributed by atoms with Crippen LogP contribution in [0.1, 0.15) is 33.4 Å². The molecule has 0 aliphatic rings. The van der Waals surface area contributed by atoms with Crippen molar-refractivity contribution in [2.75, 3.05) is 0 Å². The summed E-state index contributed by atoms with van der Waals surface area (Å²) >= 11 is 0. The van der Waals surface area contributed by atoms with Gasteiger partial charge >= 0.3 is 0 Å². The predicted molar refractivity (Wildman–Crippen MR) is 85.5 cm³/mol. The van der Waals surface area contributed by atoms with Crippen molar-refractivity contribution in [1.29, 1.82) is 0 Å². The lowest BCUT2D eigenvalue weighted by Crippen LogP contribution is -2.14. The van der Waals surface area contributed by atoms with Crippen molar-refractivity contribution in [3.8, 4) is 0 Å².